The molecular weight excluding hydrogens is 242 g/mol. The van der Waals surface area contributed by atoms with Gasteiger partial charge in [0.25, 0.3) is 0 Å². The zero-order valence-electron chi connectivity index (χ0n) is 9.76. The van der Waals surface area contributed by atoms with Crippen LogP contribution in [-0.4, -0.2) is 9.97 Å². The van der Waals surface area contributed by atoms with Crippen molar-refractivity contribution < 1.29 is 0 Å². The van der Waals surface area contributed by atoms with Crippen LogP contribution in [0.25, 0.3) is 10.9 Å². The van der Waals surface area contributed by atoms with Crippen LogP contribution in [0.3, 0.4) is 0 Å². The van der Waals surface area contributed by atoms with Crippen LogP contribution in [0.15, 0.2) is 53.7 Å². The zero-order chi connectivity index (χ0) is 12.4. The van der Waals surface area contributed by atoms with E-state index in [9.17, 15) is 0 Å². The van der Waals surface area contributed by atoms with E-state index in [1.165, 1.54) is 21.5 Å². The van der Waals surface area contributed by atoms with Crippen molar-refractivity contribution in [1.29, 1.82) is 0 Å². The molecule has 2 aromatic heterocycles. The van der Waals surface area contributed by atoms with E-state index in [4.69, 9.17) is 5.73 Å². The third-order valence-electron chi connectivity index (χ3n) is 2.75. The summed E-state index contributed by atoms with van der Waals surface area (Å²) in [7, 11) is 0. The molecule has 0 saturated carbocycles. The van der Waals surface area contributed by atoms with E-state index in [1.54, 1.807) is 11.8 Å². The highest BCUT2D eigenvalue weighted by atomic mass is 32.2. The van der Waals surface area contributed by atoms with Crippen LogP contribution in [-0.2, 0) is 5.75 Å². The highest BCUT2D eigenvalue weighted by Crippen LogP contribution is 2.25. The van der Waals surface area contributed by atoms with Crippen molar-refractivity contribution in [2.45, 2.75) is 10.8 Å². The van der Waals surface area contributed by atoms with Gasteiger partial charge in [-0.2, -0.15) is 0 Å². The summed E-state index contributed by atoms with van der Waals surface area (Å²) in [5.74, 6) is 1.45. The molecule has 3 rings (SSSR count). The zero-order valence-corrected chi connectivity index (χ0v) is 10.6. The molecular formula is C14H13N3S. The second-order valence-corrected chi connectivity index (χ2v) is 5.12. The van der Waals surface area contributed by atoms with Crippen LogP contribution >= 0.6 is 11.8 Å². The van der Waals surface area contributed by atoms with Crippen LogP contribution in [0.5, 0.6) is 0 Å². The Labute approximate surface area is 109 Å². The molecule has 3 nitrogen and oxygen atoms in total. The molecule has 0 fully saturated rings. The number of nitrogen functional groups attached to an aromatic ring is 1. The molecule has 0 radical (unpaired) electrons. The Kier molecular flexibility index (Phi) is 2.94. The first-order chi connectivity index (χ1) is 8.81. The lowest BCUT2D eigenvalue weighted by atomic mass is 10.3. The average molecular weight is 255 g/mol. The Balaban J connectivity index is 1.74. The molecule has 0 spiro atoms. The molecule has 90 valence electrons. The van der Waals surface area contributed by atoms with E-state index in [1.807, 2.05) is 24.4 Å². The first-order valence-electron chi connectivity index (χ1n) is 5.72. The van der Waals surface area contributed by atoms with Gasteiger partial charge in [-0.15, -0.1) is 11.8 Å². The molecule has 0 atom stereocenters. The van der Waals surface area contributed by atoms with E-state index in [0.717, 1.165) is 5.75 Å². The molecule has 0 bridgehead atoms. The molecule has 0 aliphatic heterocycles. The number of pyridine rings is 1. The number of hydrogen-bond donors (Lipinski definition) is 2. The van der Waals surface area contributed by atoms with Crippen LogP contribution < -0.4 is 5.73 Å². The SMILES string of the molecule is Nc1ccc(CSc2cc3ccccc3[nH]2)cn1. The summed E-state index contributed by atoms with van der Waals surface area (Å²) < 4.78 is 0. The first-order valence-corrected chi connectivity index (χ1v) is 6.71. The molecule has 0 saturated heterocycles. The number of rotatable bonds is 3. The van der Waals surface area contributed by atoms with Crippen LogP contribution in [0.1, 0.15) is 5.56 Å². The highest BCUT2D eigenvalue weighted by Gasteiger charge is 2.01. The van der Waals surface area contributed by atoms with Gasteiger partial charge in [-0.1, -0.05) is 24.3 Å². The van der Waals surface area contributed by atoms with Gasteiger partial charge in [-0.3, -0.25) is 0 Å². The quantitative estimate of drug-likeness (QED) is 0.705. The van der Waals surface area contributed by atoms with Gasteiger partial charge in [0.1, 0.15) is 5.82 Å². The largest absolute Gasteiger partial charge is 0.384 e. The molecule has 1 aromatic carbocycles. The van der Waals surface area contributed by atoms with E-state index in [-0.39, 0.29) is 0 Å². The van der Waals surface area contributed by atoms with Crippen LogP contribution in [0.4, 0.5) is 5.82 Å². The molecule has 3 N–H and O–H groups in total. The monoisotopic (exact) mass is 255 g/mol. The number of aromatic nitrogens is 2. The van der Waals surface area contributed by atoms with Crippen molar-refractivity contribution in [3.05, 3.63) is 54.2 Å². The van der Waals surface area contributed by atoms with Gasteiger partial charge in [-0.25, -0.2) is 4.98 Å². The third-order valence-corrected chi connectivity index (χ3v) is 3.76. The number of nitrogens with zero attached hydrogens (tertiary/aromatic N) is 1. The standard InChI is InChI=1S/C14H13N3S/c15-13-6-5-10(8-16-13)9-18-14-7-11-3-1-2-4-12(11)17-14/h1-8,17H,9H2,(H2,15,16). The predicted octanol–water partition coefficient (Wildman–Crippen LogP) is 3.44. The number of para-hydroxylation sites is 1. The van der Waals surface area contributed by atoms with E-state index < -0.39 is 0 Å². The Hall–Kier alpha value is -1.94. The van der Waals surface area contributed by atoms with Gasteiger partial charge in [0, 0.05) is 22.9 Å². The van der Waals surface area contributed by atoms with E-state index >= 15 is 0 Å². The molecule has 0 unspecified atom stereocenters. The number of thioether (sulfide) groups is 1. The number of nitrogens with one attached hydrogen (secondary N) is 1. The van der Waals surface area contributed by atoms with Crippen LogP contribution in [0, 0.1) is 0 Å². The van der Waals surface area contributed by atoms with Crippen molar-refractivity contribution in [1.82, 2.24) is 9.97 Å². The molecule has 0 aliphatic rings. The minimum atomic E-state index is 0.564. The van der Waals surface area contributed by atoms with Crippen molar-refractivity contribution >= 4 is 28.5 Å². The lowest BCUT2D eigenvalue weighted by Crippen LogP contribution is -1.90. The third kappa shape index (κ3) is 2.33. The second-order valence-electron chi connectivity index (χ2n) is 4.10. The maximum absolute atomic E-state index is 5.56. The fourth-order valence-corrected chi connectivity index (χ4v) is 2.69. The lowest BCUT2D eigenvalue weighted by Gasteiger charge is -1.99. The molecule has 4 heteroatoms. The normalized spacial score (nSPS) is 10.9. The summed E-state index contributed by atoms with van der Waals surface area (Å²) in [5.41, 5.74) is 7.91. The molecule has 2 heterocycles. The minimum absolute atomic E-state index is 0.564. The van der Waals surface area contributed by atoms with Gasteiger partial charge in [0.15, 0.2) is 0 Å². The molecule has 3 aromatic rings. The topological polar surface area (TPSA) is 54.7 Å². The van der Waals surface area contributed by atoms with Gasteiger partial charge in [-0.05, 0) is 23.8 Å². The Morgan fingerprint density at radius 2 is 2.06 bits per heavy atom. The van der Waals surface area contributed by atoms with Gasteiger partial charge < -0.3 is 10.7 Å². The smallest absolute Gasteiger partial charge is 0.123 e. The second kappa shape index (κ2) is 4.74. The van der Waals surface area contributed by atoms with Crippen molar-refractivity contribution in [2.24, 2.45) is 0 Å². The molecule has 18 heavy (non-hydrogen) atoms. The van der Waals surface area contributed by atoms with Gasteiger partial charge in [0.2, 0.25) is 0 Å². The van der Waals surface area contributed by atoms with Gasteiger partial charge in [0.05, 0.1) is 5.03 Å². The van der Waals surface area contributed by atoms with Crippen molar-refractivity contribution in [3.8, 4) is 0 Å². The fourth-order valence-electron chi connectivity index (χ4n) is 1.81. The lowest BCUT2D eigenvalue weighted by molar-refractivity contribution is 1.22. The highest BCUT2D eigenvalue weighted by molar-refractivity contribution is 7.98. The van der Waals surface area contributed by atoms with Crippen molar-refractivity contribution in [3.63, 3.8) is 0 Å². The Bertz CT molecular complexity index is 625. The number of aromatic amines is 1. The molecule has 0 amide bonds. The predicted molar refractivity (Wildman–Crippen MR) is 76.5 cm³/mol. The number of nitrogens with two attached hydrogens (primary N) is 1. The summed E-state index contributed by atoms with van der Waals surface area (Å²) in [6.45, 7) is 0. The van der Waals surface area contributed by atoms with Crippen LogP contribution in [0.2, 0.25) is 0 Å². The maximum atomic E-state index is 5.56. The summed E-state index contributed by atoms with van der Waals surface area (Å²) in [6, 6.07) is 14.3. The van der Waals surface area contributed by atoms with Gasteiger partial charge >= 0.3 is 0 Å². The number of anilines is 1. The van der Waals surface area contributed by atoms with E-state index in [0.29, 0.717) is 5.82 Å². The summed E-state index contributed by atoms with van der Waals surface area (Å²) >= 11 is 1.77. The van der Waals surface area contributed by atoms with E-state index in [2.05, 4.69) is 34.2 Å². The number of benzene rings is 1. The summed E-state index contributed by atoms with van der Waals surface area (Å²) in [6.07, 6.45) is 1.82. The maximum Gasteiger partial charge on any atom is 0.123 e. The number of fused-ring (bicyclic) bond motifs is 1. The fraction of sp³-hybridized carbons (Fsp3) is 0.0714. The summed E-state index contributed by atoms with van der Waals surface area (Å²) in [5, 5.41) is 2.42. The average Bonchev–Trinajstić information content (AvgIpc) is 2.81. The molecule has 0 aliphatic carbocycles. The minimum Gasteiger partial charge on any atom is -0.384 e. The first kappa shape index (κ1) is 11.2. The number of H-pyrrole nitrogens is 1. The Morgan fingerprint density at radius 3 is 2.83 bits per heavy atom. The van der Waals surface area contributed by atoms with Crippen molar-refractivity contribution in [2.75, 3.05) is 5.73 Å². The summed E-state index contributed by atoms with van der Waals surface area (Å²) in [4.78, 5) is 7.48. The Morgan fingerprint density at radius 1 is 1.17 bits per heavy atom. The number of hydrogen-bond acceptors (Lipinski definition) is 3.